The van der Waals surface area contributed by atoms with Gasteiger partial charge in [0.1, 0.15) is 17.6 Å². The predicted molar refractivity (Wildman–Crippen MR) is 55.2 cm³/mol. The Hall–Kier alpha value is -2.35. The molecule has 2 rings (SSSR count). The van der Waals surface area contributed by atoms with Crippen molar-refractivity contribution in [2.45, 2.75) is 0 Å². The van der Waals surface area contributed by atoms with Gasteiger partial charge >= 0.3 is 0 Å². The van der Waals surface area contributed by atoms with Gasteiger partial charge in [-0.2, -0.15) is 5.26 Å². The first-order valence-corrected chi connectivity index (χ1v) is 4.53. The fourth-order valence-electron chi connectivity index (χ4n) is 1.34. The van der Waals surface area contributed by atoms with Crippen molar-refractivity contribution >= 4 is 0 Å². The molecule has 16 heavy (non-hydrogen) atoms. The zero-order valence-electron chi connectivity index (χ0n) is 8.49. The van der Waals surface area contributed by atoms with E-state index in [1.165, 1.54) is 25.4 Å². The SMILES string of the molecule is COc1ccc(-c2ncc(C#N)[nH]2)cc1F. The maximum atomic E-state index is 13.4. The molecule has 0 saturated heterocycles. The number of nitrogens with zero attached hydrogens (tertiary/aromatic N) is 2. The van der Waals surface area contributed by atoms with E-state index in [2.05, 4.69) is 9.97 Å². The molecule has 1 N–H and O–H groups in total. The van der Waals surface area contributed by atoms with Crippen molar-refractivity contribution in [2.75, 3.05) is 7.11 Å². The third-order valence-electron chi connectivity index (χ3n) is 2.12. The van der Waals surface area contributed by atoms with Crippen LogP contribution < -0.4 is 4.74 Å². The highest BCUT2D eigenvalue weighted by Gasteiger charge is 2.07. The molecule has 0 saturated carbocycles. The Morgan fingerprint density at radius 1 is 1.50 bits per heavy atom. The fraction of sp³-hybridized carbons (Fsp3) is 0.0909. The molecule has 0 aliphatic carbocycles. The number of imidazole rings is 1. The largest absolute Gasteiger partial charge is 0.494 e. The van der Waals surface area contributed by atoms with Crippen LogP contribution in [0.3, 0.4) is 0 Å². The Labute approximate surface area is 91.3 Å². The van der Waals surface area contributed by atoms with Crippen LogP contribution in [0.4, 0.5) is 4.39 Å². The summed E-state index contributed by atoms with van der Waals surface area (Å²) in [7, 11) is 1.40. The van der Waals surface area contributed by atoms with Crippen molar-refractivity contribution in [1.29, 1.82) is 5.26 Å². The number of halogens is 1. The van der Waals surface area contributed by atoms with Gasteiger partial charge in [-0.05, 0) is 18.2 Å². The van der Waals surface area contributed by atoms with Crippen LogP contribution in [0.2, 0.25) is 0 Å². The molecule has 0 radical (unpaired) electrons. The van der Waals surface area contributed by atoms with Gasteiger partial charge < -0.3 is 9.72 Å². The molecule has 0 unspecified atom stereocenters. The fourth-order valence-corrected chi connectivity index (χ4v) is 1.34. The lowest BCUT2D eigenvalue weighted by Crippen LogP contribution is -1.89. The van der Waals surface area contributed by atoms with Crippen molar-refractivity contribution < 1.29 is 9.13 Å². The molecule has 1 heterocycles. The summed E-state index contributed by atoms with van der Waals surface area (Å²) in [6.45, 7) is 0. The minimum atomic E-state index is -0.463. The molecule has 80 valence electrons. The summed E-state index contributed by atoms with van der Waals surface area (Å²) >= 11 is 0. The second-order valence-corrected chi connectivity index (χ2v) is 3.11. The number of hydrogen-bond acceptors (Lipinski definition) is 3. The number of aromatic amines is 1. The monoisotopic (exact) mass is 217 g/mol. The van der Waals surface area contributed by atoms with Crippen LogP contribution in [0.5, 0.6) is 5.75 Å². The van der Waals surface area contributed by atoms with Crippen LogP contribution in [0.25, 0.3) is 11.4 Å². The maximum Gasteiger partial charge on any atom is 0.165 e. The van der Waals surface area contributed by atoms with E-state index in [1.807, 2.05) is 6.07 Å². The molecule has 4 nitrogen and oxygen atoms in total. The molecule has 0 atom stereocenters. The highest BCUT2D eigenvalue weighted by atomic mass is 19.1. The third kappa shape index (κ3) is 1.73. The average molecular weight is 217 g/mol. The summed E-state index contributed by atoms with van der Waals surface area (Å²) in [5, 5.41) is 8.62. The molecule has 0 bridgehead atoms. The lowest BCUT2D eigenvalue weighted by Gasteiger charge is -2.02. The van der Waals surface area contributed by atoms with Gasteiger partial charge in [0.15, 0.2) is 11.6 Å². The van der Waals surface area contributed by atoms with E-state index in [1.54, 1.807) is 6.07 Å². The van der Waals surface area contributed by atoms with Crippen molar-refractivity contribution in [3.05, 3.63) is 35.9 Å². The zero-order chi connectivity index (χ0) is 11.5. The topological polar surface area (TPSA) is 61.7 Å². The number of hydrogen-bond donors (Lipinski definition) is 1. The van der Waals surface area contributed by atoms with Crippen LogP contribution in [0, 0.1) is 17.1 Å². The van der Waals surface area contributed by atoms with Gasteiger partial charge in [0, 0.05) is 5.56 Å². The number of ether oxygens (including phenoxy) is 1. The highest BCUT2D eigenvalue weighted by Crippen LogP contribution is 2.23. The number of aromatic nitrogens is 2. The van der Waals surface area contributed by atoms with Gasteiger partial charge in [0.25, 0.3) is 0 Å². The second-order valence-electron chi connectivity index (χ2n) is 3.11. The first-order valence-electron chi connectivity index (χ1n) is 4.53. The summed E-state index contributed by atoms with van der Waals surface area (Å²) in [6, 6.07) is 6.40. The van der Waals surface area contributed by atoms with Crippen molar-refractivity contribution in [1.82, 2.24) is 9.97 Å². The van der Waals surface area contributed by atoms with E-state index >= 15 is 0 Å². The molecular weight excluding hydrogens is 209 g/mol. The Bertz CT molecular complexity index is 557. The van der Waals surface area contributed by atoms with Crippen LogP contribution in [0.1, 0.15) is 5.69 Å². The normalized spacial score (nSPS) is 9.81. The molecule has 5 heteroatoms. The van der Waals surface area contributed by atoms with Gasteiger partial charge in [0.05, 0.1) is 13.3 Å². The highest BCUT2D eigenvalue weighted by molar-refractivity contribution is 5.57. The van der Waals surface area contributed by atoms with Crippen molar-refractivity contribution in [2.24, 2.45) is 0 Å². The molecule has 1 aromatic carbocycles. The Morgan fingerprint density at radius 3 is 2.88 bits per heavy atom. The van der Waals surface area contributed by atoms with Gasteiger partial charge in [-0.25, -0.2) is 9.37 Å². The predicted octanol–water partition coefficient (Wildman–Crippen LogP) is 2.10. The van der Waals surface area contributed by atoms with Crippen LogP contribution >= 0.6 is 0 Å². The summed E-state index contributed by atoms with van der Waals surface area (Å²) in [5.41, 5.74) is 0.908. The second kappa shape index (κ2) is 4.03. The van der Waals surface area contributed by atoms with Crippen LogP contribution in [-0.4, -0.2) is 17.1 Å². The summed E-state index contributed by atoms with van der Waals surface area (Å²) in [4.78, 5) is 6.73. The molecule has 0 aliphatic heterocycles. The number of nitrogens with one attached hydrogen (secondary N) is 1. The summed E-state index contributed by atoms with van der Waals surface area (Å²) in [5.74, 6) is 0.170. The van der Waals surface area contributed by atoms with Gasteiger partial charge in [-0.15, -0.1) is 0 Å². The quantitative estimate of drug-likeness (QED) is 0.837. The van der Waals surface area contributed by atoms with E-state index in [0.717, 1.165) is 0 Å². The summed E-state index contributed by atoms with van der Waals surface area (Å²) < 4.78 is 18.2. The van der Waals surface area contributed by atoms with Crippen LogP contribution in [0.15, 0.2) is 24.4 Å². The lowest BCUT2D eigenvalue weighted by molar-refractivity contribution is 0.386. The van der Waals surface area contributed by atoms with Gasteiger partial charge in [-0.3, -0.25) is 0 Å². The minimum absolute atomic E-state index is 0.177. The first kappa shape index (κ1) is 10.2. The molecular formula is C11H8FN3O. The molecule has 0 spiro atoms. The Balaban J connectivity index is 2.42. The smallest absolute Gasteiger partial charge is 0.165 e. The first-order chi connectivity index (χ1) is 7.74. The number of H-pyrrole nitrogens is 1. The minimum Gasteiger partial charge on any atom is -0.494 e. The number of rotatable bonds is 2. The third-order valence-corrected chi connectivity index (χ3v) is 2.12. The maximum absolute atomic E-state index is 13.4. The standard InChI is InChI=1S/C11H8FN3O/c1-16-10-3-2-7(4-9(10)12)11-14-6-8(5-13)15-11/h2-4,6H,1H3,(H,14,15). The van der Waals surface area contributed by atoms with E-state index in [0.29, 0.717) is 17.1 Å². The Kier molecular flexibility index (Phi) is 2.56. The number of nitriles is 1. The molecule has 0 aliphatic rings. The zero-order valence-corrected chi connectivity index (χ0v) is 8.49. The number of benzene rings is 1. The van der Waals surface area contributed by atoms with E-state index in [-0.39, 0.29) is 5.75 Å². The van der Waals surface area contributed by atoms with Crippen molar-refractivity contribution in [3.8, 4) is 23.2 Å². The van der Waals surface area contributed by atoms with E-state index in [9.17, 15) is 4.39 Å². The van der Waals surface area contributed by atoms with Gasteiger partial charge in [0.2, 0.25) is 0 Å². The van der Waals surface area contributed by atoms with Crippen LogP contribution in [-0.2, 0) is 0 Å². The molecule has 0 fully saturated rings. The van der Waals surface area contributed by atoms with E-state index in [4.69, 9.17) is 10.00 Å². The van der Waals surface area contributed by atoms with E-state index < -0.39 is 5.82 Å². The van der Waals surface area contributed by atoms with Gasteiger partial charge in [-0.1, -0.05) is 0 Å². The molecule has 1 aromatic heterocycles. The molecule has 2 aromatic rings. The number of methoxy groups -OCH3 is 1. The summed E-state index contributed by atoms with van der Waals surface area (Å²) in [6.07, 6.45) is 1.40. The van der Waals surface area contributed by atoms with Crippen molar-refractivity contribution in [3.63, 3.8) is 0 Å². The lowest BCUT2D eigenvalue weighted by atomic mass is 10.2. The Morgan fingerprint density at radius 2 is 2.31 bits per heavy atom. The average Bonchev–Trinajstić information content (AvgIpc) is 2.77. The molecule has 0 amide bonds.